The number of rotatable bonds is 4. The van der Waals surface area contributed by atoms with Gasteiger partial charge in [0, 0.05) is 43.1 Å². The van der Waals surface area contributed by atoms with Crippen molar-refractivity contribution >= 4 is 16.7 Å². The SMILES string of the molecule is CCCC(=O)N1CCC(Oc2nncc3ccccc23)CC1. The highest BCUT2D eigenvalue weighted by molar-refractivity contribution is 5.85. The van der Waals surface area contributed by atoms with Gasteiger partial charge in [0.05, 0.1) is 6.20 Å². The molecule has 0 unspecified atom stereocenters. The van der Waals surface area contributed by atoms with Crippen molar-refractivity contribution in [2.75, 3.05) is 13.1 Å². The number of benzene rings is 1. The van der Waals surface area contributed by atoms with Crippen LogP contribution in [0.2, 0.25) is 0 Å². The number of ether oxygens (including phenoxy) is 1. The van der Waals surface area contributed by atoms with E-state index in [0.717, 1.165) is 43.1 Å². The van der Waals surface area contributed by atoms with Crippen LogP contribution in [0.4, 0.5) is 0 Å². The molecule has 0 atom stereocenters. The number of carbonyl (C=O) groups excluding carboxylic acids is 1. The van der Waals surface area contributed by atoms with E-state index in [1.54, 1.807) is 6.20 Å². The topological polar surface area (TPSA) is 55.3 Å². The third-order valence-corrected chi connectivity index (χ3v) is 4.07. The van der Waals surface area contributed by atoms with E-state index in [1.165, 1.54) is 0 Å². The summed E-state index contributed by atoms with van der Waals surface area (Å²) in [5.74, 6) is 0.849. The van der Waals surface area contributed by atoms with E-state index in [-0.39, 0.29) is 12.0 Å². The summed E-state index contributed by atoms with van der Waals surface area (Å²) in [7, 11) is 0. The van der Waals surface area contributed by atoms with Crippen molar-refractivity contribution in [3.63, 3.8) is 0 Å². The van der Waals surface area contributed by atoms with Crippen LogP contribution in [0.15, 0.2) is 30.5 Å². The zero-order chi connectivity index (χ0) is 15.4. The lowest BCUT2D eigenvalue weighted by Gasteiger charge is -2.32. The first-order valence-corrected chi connectivity index (χ1v) is 7.93. The molecule has 0 aliphatic carbocycles. The monoisotopic (exact) mass is 299 g/mol. The van der Waals surface area contributed by atoms with Crippen LogP contribution in [0, 0.1) is 0 Å². The highest BCUT2D eigenvalue weighted by Gasteiger charge is 2.24. The smallest absolute Gasteiger partial charge is 0.241 e. The van der Waals surface area contributed by atoms with Gasteiger partial charge < -0.3 is 9.64 Å². The van der Waals surface area contributed by atoms with Crippen LogP contribution in [0.1, 0.15) is 32.6 Å². The zero-order valence-corrected chi connectivity index (χ0v) is 12.9. The second kappa shape index (κ2) is 6.73. The van der Waals surface area contributed by atoms with Gasteiger partial charge in [-0.15, -0.1) is 5.10 Å². The van der Waals surface area contributed by atoms with Crippen molar-refractivity contribution in [1.29, 1.82) is 0 Å². The van der Waals surface area contributed by atoms with Crippen LogP contribution in [-0.2, 0) is 4.79 Å². The quantitative estimate of drug-likeness (QED) is 0.871. The summed E-state index contributed by atoms with van der Waals surface area (Å²) in [5, 5.41) is 10.2. The maximum Gasteiger partial charge on any atom is 0.241 e. The number of nitrogens with zero attached hydrogens (tertiary/aromatic N) is 3. The van der Waals surface area contributed by atoms with Crippen molar-refractivity contribution in [1.82, 2.24) is 15.1 Å². The predicted octanol–water partition coefficient (Wildman–Crippen LogP) is 2.80. The van der Waals surface area contributed by atoms with Gasteiger partial charge in [0.1, 0.15) is 6.10 Å². The first-order chi connectivity index (χ1) is 10.8. The molecule has 3 rings (SSSR count). The van der Waals surface area contributed by atoms with Crippen LogP contribution < -0.4 is 4.74 Å². The number of piperidine rings is 1. The van der Waals surface area contributed by atoms with Crippen LogP contribution in [0.25, 0.3) is 10.8 Å². The Labute approximate surface area is 130 Å². The van der Waals surface area contributed by atoms with Crippen molar-refractivity contribution < 1.29 is 9.53 Å². The number of carbonyl (C=O) groups is 1. The first kappa shape index (κ1) is 14.8. The molecule has 1 amide bonds. The summed E-state index contributed by atoms with van der Waals surface area (Å²) >= 11 is 0. The third-order valence-electron chi connectivity index (χ3n) is 4.07. The number of amides is 1. The minimum atomic E-state index is 0.103. The van der Waals surface area contributed by atoms with Gasteiger partial charge in [-0.2, -0.15) is 5.10 Å². The molecule has 0 radical (unpaired) electrons. The molecular weight excluding hydrogens is 278 g/mol. The number of hydrogen-bond acceptors (Lipinski definition) is 4. The normalized spacial score (nSPS) is 16.0. The Balaban J connectivity index is 1.64. The molecule has 1 fully saturated rings. The maximum absolute atomic E-state index is 11.9. The molecule has 0 N–H and O–H groups in total. The molecule has 5 heteroatoms. The molecule has 2 aromatic rings. The minimum Gasteiger partial charge on any atom is -0.473 e. The van der Waals surface area contributed by atoms with Gasteiger partial charge in [0.25, 0.3) is 0 Å². The highest BCUT2D eigenvalue weighted by Crippen LogP contribution is 2.25. The summed E-state index contributed by atoms with van der Waals surface area (Å²) in [6.07, 6.45) is 5.08. The zero-order valence-electron chi connectivity index (χ0n) is 12.9. The molecule has 2 heterocycles. The van der Waals surface area contributed by atoms with Gasteiger partial charge in [-0.05, 0) is 12.5 Å². The molecule has 5 nitrogen and oxygen atoms in total. The molecular formula is C17H21N3O2. The van der Waals surface area contributed by atoms with E-state index in [9.17, 15) is 4.79 Å². The fourth-order valence-corrected chi connectivity index (χ4v) is 2.84. The Morgan fingerprint density at radius 1 is 1.32 bits per heavy atom. The van der Waals surface area contributed by atoms with Crippen molar-refractivity contribution in [2.45, 2.75) is 38.7 Å². The second-order valence-corrected chi connectivity index (χ2v) is 5.68. The molecule has 0 spiro atoms. The molecule has 1 aromatic heterocycles. The Kier molecular flexibility index (Phi) is 4.51. The molecule has 1 aromatic carbocycles. The van der Waals surface area contributed by atoms with Crippen molar-refractivity contribution in [3.05, 3.63) is 30.5 Å². The molecule has 116 valence electrons. The lowest BCUT2D eigenvalue weighted by Crippen LogP contribution is -2.41. The van der Waals surface area contributed by atoms with E-state index in [2.05, 4.69) is 10.2 Å². The van der Waals surface area contributed by atoms with Crippen LogP contribution >= 0.6 is 0 Å². The predicted molar refractivity (Wildman–Crippen MR) is 84.7 cm³/mol. The van der Waals surface area contributed by atoms with E-state index in [0.29, 0.717) is 12.3 Å². The van der Waals surface area contributed by atoms with Crippen molar-refractivity contribution in [2.24, 2.45) is 0 Å². The van der Waals surface area contributed by atoms with E-state index >= 15 is 0 Å². The third kappa shape index (κ3) is 3.18. The second-order valence-electron chi connectivity index (χ2n) is 5.68. The summed E-state index contributed by atoms with van der Waals surface area (Å²) in [4.78, 5) is 13.8. The van der Waals surface area contributed by atoms with Gasteiger partial charge in [-0.1, -0.05) is 25.1 Å². The molecule has 0 bridgehead atoms. The number of likely N-dealkylation sites (tertiary alicyclic amines) is 1. The molecule has 1 saturated heterocycles. The first-order valence-electron chi connectivity index (χ1n) is 7.93. The van der Waals surface area contributed by atoms with Gasteiger partial charge in [-0.3, -0.25) is 4.79 Å². The van der Waals surface area contributed by atoms with Crippen LogP contribution in [0.5, 0.6) is 5.88 Å². The standard InChI is InChI=1S/C17H21N3O2/c1-2-5-16(21)20-10-8-14(9-11-20)22-17-15-7-4-3-6-13(15)12-18-19-17/h3-4,6-7,12,14H,2,5,8-11H2,1H3. The van der Waals surface area contributed by atoms with Crippen LogP contribution in [0.3, 0.4) is 0 Å². The lowest BCUT2D eigenvalue weighted by molar-refractivity contribution is -0.133. The van der Waals surface area contributed by atoms with E-state index in [1.807, 2.05) is 36.1 Å². The van der Waals surface area contributed by atoms with Gasteiger partial charge >= 0.3 is 0 Å². The number of aromatic nitrogens is 2. The van der Waals surface area contributed by atoms with E-state index in [4.69, 9.17) is 4.74 Å². The Morgan fingerprint density at radius 3 is 2.86 bits per heavy atom. The fraction of sp³-hybridized carbons (Fsp3) is 0.471. The summed E-state index contributed by atoms with van der Waals surface area (Å²) < 4.78 is 6.05. The van der Waals surface area contributed by atoms with E-state index < -0.39 is 0 Å². The molecule has 0 saturated carbocycles. The number of hydrogen-bond donors (Lipinski definition) is 0. The Morgan fingerprint density at radius 2 is 2.09 bits per heavy atom. The molecule has 1 aliphatic rings. The average Bonchev–Trinajstić information content (AvgIpc) is 2.56. The Hall–Kier alpha value is -2.17. The Bertz CT molecular complexity index is 646. The average molecular weight is 299 g/mol. The summed E-state index contributed by atoms with van der Waals surface area (Å²) in [5.41, 5.74) is 0. The van der Waals surface area contributed by atoms with Crippen LogP contribution in [-0.4, -0.2) is 40.2 Å². The van der Waals surface area contributed by atoms with Gasteiger partial charge in [0.15, 0.2) is 0 Å². The molecule has 22 heavy (non-hydrogen) atoms. The maximum atomic E-state index is 11.9. The lowest BCUT2D eigenvalue weighted by atomic mass is 10.1. The van der Waals surface area contributed by atoms with Crippen molar-refractivity contribution in [3.8, 4) is 5.88 Å². The van der Waals surface area contributed by atoms with Gasteiger partial charge in [0.2, 0.25) is 11.8 Å². The summed E-state index contributed by atoms with van der Waals surface area (Å²) in [6.45, 7) is 3.57. The highest BCUT2D eigenvalue weighted by atomic mass is 16.5. The fourth-order valence-electron chi connectivity index (χ4n) is 2.84. The van der Waals surface area contributed by atoms with Gasteiger partial charge in [-0.25, -0.2) is 0 Å². The largest absolute Gasteiger partial charge is 0.473 e. The molecule has 1 aliphatic heterocycles. The number of fused-ring (bicyclic) bond motifs is 1. The summed E-state index contributed by atoms with van der Waals surface area (Å²) in [6, 6.07) is 7.96. The minimum absolute atomic E-state index is 0.103.